The standard InChI is InChI=1S/C23H20N6O3S2/c1-15-27-28-23(34-15)33-12-19-18-7-2-3-8-20(18)32-21(19)22(30)26-16-5-4-6-17(11-16)31-10-9-29-14-24-13-25-29/h2-8,11,13-14H,9-10,12H2,1H3,(H,26,30). The molecule has 0 unspecified atom stereocenters. The second kappa shape index (κ2) is 10.1. The minimum Gasteiger partial charge on any atom is -0.492 e. The van der Waals surface area contributed by atoms with E-state index in [4.69, 9.17) is 9.15 Å². The highest BCUT2D eigenvalue weighted by Crippen LogP contribution is 2.33. The Kier molecular flexibility index (Phi) is 6.54. The third-order valence-corrected chi connectivity index (χ3v) is 6.90. The number of furan rings is 1. The molecule has 0 aliphatic heterocycles. The molecule has 1 amide bonds. The third kappa shape index (κ3) is 5.10. The number of nitrogens with zero attached hydrogens (tertiary/aromatic N) is 5. The predicted octanol–water partition coefficient (Wildman–Crippen LogP) is 4.81. The number of thioether (sulfide) groups is 1. The minimum absolute atomic E-state index is 0.285. The van der Waals surface area contributed by atoms with E-state index >= 15 is 0 Å². The number of carbonyl (C=O) groups excluding carboxylic acids is 1. The van der Waals surface area contributed by atoms with Crippen molar-refractivity contribution in [3.63, 3.8) is 0 Å². The van der Waals surface area contributed by atoms with Crippen LogP contribution < -0.4 is 10.1 Å². The number of fused-ring (bicyclic) bond motifs is 1. The molecule has 0 fully saturated rings. The first-order chi connectivity index (χ1) is 16.7. The maximum atomic E-state index is 13.2. The second-order valence-corrected chi connectivity index (χ2v) is 9.67. The second-order valence-electron chi connectivity index (χ2n) is 7.27. The molecule has 0 aliphatic rings. The van der Waals surface area contributed by atoms with E-state index in [1.54, 1.807) is 17.1 Å². The van der Waals surface area contributed by atoms with Crippen molar-refractivity contribution in [2.75, 3.05) is 11.9 Å². The molecule has 5 rings (SSSR count). The molecule has 0 saturated carbocycles. The van der Waals surface area contributed by atoms with Crippen LogP contribution in [-0.2, 0) is 12.3 Å². The van der Waals surface area contributed by atoms with E-state index in [1.807, 2.05) is 49.4 Å². The van der Waals surface area contributed by atoms with E-state index < -0.39 is 0 Å². The Morgan fingerprint density at radius 1 is 1.21 bits per heavy atom. The lowest BCUT2D eigenvalue weighted by molar-refractivity contribution is 0.0998. The van der Waals surface area contributed by atoms with E-state index in [0.29, 0.717) is 35.9 Å². The Morgan fingerprint density at radius 3 is 2.94 bits per heavy atom. The molecule has 0 atom stereocenters. The summed E-state index contributed by atoms with van der Waals surface area (Å²) in [5.74, 6) is 1.15. The van der Waals surface area contributed by atoms with Gasteiger partial charge in [0.05, 0.1) is 6.54 Å². The number of rotatable bonds is 9. The van der Waals surface area contributed by atoms with E-state index in [2.05, 4.69) is 25.6 Å². The number of nitrogens with one attached hydrogen (secondary N) is 1. The Labute approximate surface area is 203 Å². The van der Waals surface area contributed by atoms with Crippen LogP contribution in [0.25, 0.3) is 11.0 Å². The maximum Gasteiger partial charge on any atom is 0.291 e. The van der Waals surface area contributed by atoms with E-state index in [9.17, 15) is 4.79 Å². The van der Waals surface area contributed by atoms with Crippen molar-refractivity contribution in [3.05, 3.63) is 77.5 Å². The van der Waals surface area contributed by atoms with Crippen LogP contribution >= 0.6 is 23.1 Å². The summed E-state index contributed by atoms with van der Waals surface area (Å²) < 4.78 is 14.3. The van der Waals surface area contributed by atoms with Gasteiger partial charge in [-0.25, -0.2) is 9.67 Å². The normalized spacial score (nSPS) is 11.1. The third-order valence-electron chi connectivity index (χ3n) is 4.90. The quantitative estimate of drug-likeness (QED) is 0.292. The van der Waals surface area contributed by atoms with Crippen molar-refractivity contribution in [3.8, 4) is 5.75 Å². The van der Waals surface area contributed by atoms with Gasteiger partial charge in [-0.15, -0.1) is 10.2 Å². The highest BCUT2D eigenvalue weighted by atomic mass is 32.2. The van der Waals surface area contributed by atoms with Crippen LogP contribution in [0, 0.1) is 6.92 Å². The van der Waals surface area contributed by atoms with Crippen LogP contribution in [0.15, 0.2) is 69.9 Å². The summed E-state index contributed by atoms with van der Waals surface area (Å²) in [6.45, 7) is 2.92. The van der Waals surface area contributed by atoms with Crippen LogP contribution in [-0.4, -0.2) is 37.5 Å². The maximum absolute atomic E-state index is 13.2. The molecule has 34 heavy (non-hydrogen) atoms. The van der Waals surface area contributed by atoms with Crippen LogP contribution in [0.2, 0.25) is 0 Å². The topological polar surface area (TPSA) is 108 Å². The molecule has 0 spiro atoms. The number of ether oxygens (including phenoxy) is 1. The van der Waals surface area contributed by atoms with Crippen LogP contribution in [0.4, 0.5) is 5.69 Å². The molecule has 0 radical (unpaired) electrons. The zero-order valence-electron chi connectivity index (χ0n) is 18.2. The van der Waals surface area contributed by atoms with Gasteiger partial charge < -0.3 is 14.5 Å². The monoisotopic (exact) mass is 492 g/mol. The smallest absolute Gasteiger partial charge is 0.291 e. The van der Waals surface area contributed by atoms with Crippen LogP contribution in [0.1, 0.15) is 21.1 Å². The minimum atomic E-state index is -0.319. The van der Waals surface area contributed by atoms with Crippen molar-refractivity contribution in [1.82, 2.24) is 25.0 Å². The van der Waals surface area contributed by atoms with Gasteiger partial charge in [-0.2, -0.15) is 5.10 Å². The molecule has 1 N–H and O–H groups in total. The summed E-state index contributed by atoms with van der Waals surface area (Å²) in [5, 5.41) is 17.0. The van der Waals surface area contributed by atoms with Gasteiger partial charge in [0.15, 0.2) is 10.1 Å². The summed E-state index contributed by atoms with van der Waals surface area (Å²) in [6, 6.07) is 14.9. The van der Waals surface area contributed by atoms with E-state index in [0.717, 1.165) is 20.3 Å². The molecule has 0 aliphatic carbocycles. The predicted molar refractivity (Wildman–Crippen MR) is 130 cm³/mol. The van der Waals surface area contributed by atoms with Crippen molar-refractivity contribution in [2.24, 2.45) is 0 Å². The summed E-state index contributed by atoms with van der Waals surface area (Å²) in [6.07, 6.45) is 3.12. The van der Waals surface area contributed by atoms with Crippen molar-refractivity contribution < 1.29 is 13.9 Å². The Morgan fingerprint density at radius 2 is 2.12 bits per heavy atom. The number of anilines is 1. The summed E-state index contributed by atoms with van der Waals surface area (Å²) in [4.78, 5) is 17.1. The number of para-hydroxylation sites is 1. The molecular weight excluding hydrogens is 472 g/mol. The van der Waals surface area contributed by atoms with Gasteiger partial charge in [0, 0.05) is 28.5 Å². The number of aromatic nitrogens is 5. The molecule has 0 bridgehead atoms. The van der Waals surface area contributed by atoms with E-state index in [-0.39, 0.29) is 11.7 Å². The van der Waals surface area contributed by atoms with Crippen molar-refractivity contribution in [2.45, 2.75) is 23.6 Å². The highest BCUT2D eigenvalue weighted by molar-refractivity contribution is 8.00. The Balaban J connectivity index is 1.31. The molecule has 9 nitrogen and oxygen atoms in total. The lowest BCUT2D eigenvalue weighted by Crippen LogP contribution is -2.13. The number of amides is 1. The first kappa shape index (κ1) is 22.1. The fourth-order valence-corrected chi connectivity index (χ4v) is 5.20. The van der Waals surface area contributed by atoms with Crippen LogP contribution in [0.3, 0.4) is 0 Å². The number of benzene rings is 2. The summed E-state index contributed by atoms with van der Waals surface area (Å²) >= 11 is 3.06. The van der Waals surface area contributed by atoms with Gasteiger partial charge in [-0.05, 0) is 25.1 Å². The summed E-state index contributed by atoms with van der Waals surface area (Å²) in [7, 11) is 0. The number of carbonyl (C=O) groups is 1. The van der Waals surface area contributed by atoms with E-state index in [1.165, 1.54) is 29.4 Å². The molecular formula is C23H20N6O3S2. The van der Waals surface area contributed by atoms with Gasteiger partial charge in [0.1, 0.15) is 35.6 Å². The fraction of sp³-hybridized carbons (Fsp3) is 0.174. The zero-order chi connectivity index (χ0) is 23.3. The molecule has 3 heterocycles. The number of hydrogen-bond acceptors (Lipinski definition) is 9. The summed E-state index contributed by atoms with van der Waals surface area (Å²) in [5.41, 5.74) is 2.11. The average molecular weight is 493 g/mol. The van der Waals surface area contributed by atoms with Gasteiger partial charge in [-0.3, -0.25) is 4.79 Å². The first-order valence-electron chi connectivity index (χ1n) is 10.5. The first-order valence-corrected chi connectivity index (χ1v) is 12.3. The molecule has 11 heteroatoms. The fourth-order valence-electron chi connectivity index (χ4n) is 3.35. The lowest BCUT2D eigenvalue weighted by atomic mass is 10.1. The highest BCUT2D eigenvalue weighted by Gasteiger charge is 2.21. The van der Waals surface area contributed by atoms with Crippen molar-refractivity contribution in [1.29, 1.82) is 0 Å². The number of hydrogen-bond donors (Lipinski definition) is 1. The SMILES string of the molecule is Cc1nnc(SCc2c(C(=O)Nc3cccc(OCCn4cncn4)c3)oc3ccccc23)s1. The molecule has 0 saturated heterocycles. The van der Waals surface area contributed by atoms with Gasteiger partial charge in [0.2, 0.25) is 0 Å². The van der Waals surface area contributed by atoms with Gasteiger partial charge >= 0.3 is 0 Å². The molecule has 2 aromatic carbocycles. The molecule has 172 valence electrons. The molecule has 3 aromatic heterocycles. The average Bonchev–Trinajstić information content (AvgIpc) is 3.58. The zero-order valence-corrected chi connectivity index (χ0v) is 19.8. The largest absolute Gasteiger partial charge is 0.492 e. The Bertz CT molecular complexity index is 1410. The van der Waals surface area contributed by atoms with Gasteiger partial charge in [-0.1, -0.05) is 47.4 Å². The number of aryl methyl sites for hydroxylation is 1. The lowest BCUT2D eigenvalue weighted by Gasteiger charge is -2.09. The van der Waals surface area contributed by atoms with Crippen LogP contribution in [0.5, 0.6) is 5.75 Å². The molecule has 5 aromatic rings. The Hall–Kier alpha value is -3.70. The van der Waals surface area contributed by atoms with Gasteiger partial charge in [0.25, 0.3) is 5.91 Å². The van der Waals surface area contributed by atoms with Crippen molar-refractivity contribution >= 4 is 45.7 Å².